The van der Waals surface area contributed by atoms with Gasteiger partial charge in [0.1, 0.15) is 16.8 Å². The van der Waals surface area contributed by atoms with E-state index in [2.05, 4.69) is 32.1 Å². The largest absolute Gasteiger partial charge is 0.356 e. The molecule has 1 fully saturated rings. The van der Waals surface area contributed by atoms with Crippen molar-refractivity contribution in [3.8, 4) is 0 Å². The average Bonchev–Trinajstić information content (AvgIpc) is 2.66. The molecule has 1 saturated heterocycles. The summed E-state index contributed by atoms with van der Waals surface area (Å²) < 4.78 is 0. The van der Waals surface area contributed by atoms with Gasteiger partial charge in [0.2, 0.25) is 5.91 Å². The van der Waals surface area contributed by atoms with Crippen LogP contribution in [0.5, 0.6) is 0 Å². The number of rotatable bonds is 5. The maximum atomic E-state index is 12.4. The Bertz CT molecular complexity index is 760. The number of hydrogen-bond donors (Lipinski definition) is 1. The lowest BCUT2D eigenvalue weighted by Gasteiger charge is -2.33. The van der Waals surface area contributed by atoms with E-state index in [4.69, 9.17) is 11.6 Å². The Morgan fingerprint density at radius 2 is 2.12 bits per heavy atom. The molecular weight excluding hydrogens is 350 g/mol. The predicted octanol–water partition coefficient (Wildman–Crippen LogP) is 2.93. The van der Waals surface area contributed by atoms with Gasteiger partial charge in [-0.2, -0.15) is 0 Å². The number of aryl methyl sites for hydroxylation is 1. The quantitative estimate of drug-likeness (QED) is 0.816. The molecule has 3 heterocycles. The highest BCUT2D eigenvalue weighted by molar-refractivity contribution is 6.30. The number of aromatic nitrogens is 3. The lowest BCUT2D eigenvalue weighted by Crippen LogP contribution is -2.41. The average molecular weight is 374 g/mol. The Hall–Kier alpha value is -2.21. The molecule has 1 aliphatic heterocycles. The summed E-state index contributed by atoms with van der Waals surface area (Å²) in [6.45, 7) is 6.03. The van der Waals surface area contributed by atoms with Gasteiger partial charge in [0.05, 0.1) is 0 Å². The molecule has 1 aliphatic rings. The summed E-state index contributed by atoms with van der Waals surface area (Å²) in [5.41, 5.74) is 1.99. The molecule has 0 radical (unpaired) electrons. The van der Waals surface area contributed by atoms with Crippen molar-refractivity contribution in [1.82, 2.24) is 20.3 Å². The van der Waals surface area contributed by atoms with Crippen LogP contribution in [0.2, 0.25) is 5.15 Å². The number of nitrogens with zero attached hydrogens (tertiary/aromatic N) is 4. The molecule has 3 rings (SSSR count). The van der Waals surface area contributed by atoms with Gasteiger partial charge < -0.3 is 10.2 Å². The van der Waals surface area contributed by atoms with Crippen LogP contribution in [0.3, 0.4) is 0 Å². The van der Waals surface area contributed by atoms with Crippen molar-refractivity contribution in [3.63, 3.8) is 0 Å². The number of piperidine rings is 1. The minimum absolute atomic E-state index is 0.0337. The number of halogens is 1. The van der Waals surface area contributed by atoms with Gasteiger partial charge in [-0.15, -0.1) is 0 Å². The van der Waals surface area contributed by atoms with Crippen LogP contribution < -0.4 is 10.2 Å². The molecule has 0 saturated carbocycles. The first-order chi connectivity index (χ1) is 12.6. The second-order valence-corrected chi connectivity index (χ2v) is 6.92. The number of nitrogens with one attached hydrogen (secondary N) is 1. The highest BCUT2D eigenvalue weighted by Gasteiger charge is 2.27. The molecule has 7 heteroatoms. The highest BCUT2D eigenvalue weighted by atomic mass is 35.5. The fourth-order valence-electron chi connectivity index (χ4n) is 3.30. The fourth-order valence-corrected chi connectivity index (χ4v) is 3.64. The topological polar surface area (TPSA) is 71.0 Å². The van der Waals surface area contributed by atoms with Crippen LogP contribution in [0.1, 0.15) is 36.7 Å². The predicted molar refractivity (Wildman–Crippen MR) is 102 cm³/mol. The summed E-state index contributed by atoms with van der Waals surface area (Å²) in [5.74, 6) is 1.74. The first kappa shape index (κ1) is 18.6. The third kappa shape index (κ3) is 4.30. The summed E-state index contributed by atoms with van der Waals surface area (Å²) >= 11 is 6.29. The maximum absolute atomic E-state index is 12.4. The van der Waals surface area contributed by atoms with Crippen molar-refractivity contribution in [3.05, 3.63) is 46.6 Å². The fraction of sp³-hybridized carbons (Fsp3) is 0.474. The molecule has 138 valence electrons. The van der Waals surface area contributed by atoms with Crippen LogP contribution >= 0.6 is 11.6 Å². The summed E-state index contributed by atoms with van der Waals surface area (Å²) in [4.78, 5) is 27.6. The minimum Gasteiger partial charge on any atom is -0.356 e. The Morgan fingerprint density at radius 1 is 1.35 bits per heavy atom. The molecule has 2 aromatic heterocycles. The summed E-state index contributed by atoms with van der Waals surface area (Å²) in [5, 5.41) is 3.55. The lowest BCUT2D eigenvalue weighted by atomic mass is 9.95. The SMILES string of the molecule is CCc1c(Cl)nc(C)nc1N1CCC(C(=O)NCc2cccnc2)CC1. The molecule has 0 unspecified atom stereocenters. The molecule has 0 bridgehead atoms. The number of carbonyl (C=O) groups excluding carboxylic acids is 1. The first-order valence-electron chi connectivity index (χ1n) is 9.03. The first-order valence-corrected chi connectivity index (χ1v) is 9.40. The van der Waals surface area contributed by atoms with Crippen molar-refractivity contribution < 1.29 is 4.79 Å². The van der Waals surface area contributed by atoms with Gasteiger partial charge in [0.25, 0.3) is 0 Å². The second-order valence-electron chi connectivity index (χ2n) is 6.56. The number of anilines is 1. The van der Waals surface area contributed by atoms with E-state index in [0.717, 1.165) is 49.3 Å². The molecule has 6 nitrogen and oxygen atoms in total. The van der Waals surface area contributed by atoms with Crippen molar-refractivity contribution in [2.75, 3.05) is 18.0 Å². The monoisotopic (exact) mass is 373 g/mol. The zero-order valence-corrected chi connectivity index (χ0v) is 16.0. The Labute approximate surface area is 159 Å². The molecule has 0 atom stereocenters. The number of amides is 1. The maximum Gasteiger partial charge on any atom is 0.223 e. The number of carbonyl (C=O) groups is 1. The Morgan fingerprint density at radius 3 is 2.77 bits per heavy atom. The number of hydrogen-bond acceptors (Lipinski definition) is 5. The van der Waals surface area contributed by atoms with Gasteiger partial charge in [-0.3, -0.25) is 9.78 Å². The van der Waals surface area contributed by atoms with E-state index >= 15 is 0 Å². The van der Waals surface area contributed by atoms with Gasteiger partial charge in [0.15, 0.2) is 0 Å². The molecule has 1 amide bonds. The van der Waals surface area contributed by atoms with E-state index in [1.807, 2.05) is 19.1 Å². The second kappa shape index (κ2) is 8.45. The third-order valence-electron chi connectivity index (χ3n) is 4.75. The van der Waals surface area contributed by atoms with Gasteiger partial charge >= 0.3 is 0 Å². The van der Waals surface area contributed by atoms with Crippen molar-refractivity contribution in [2.24, 2.45) is 5.92 Å². The van der Waals surface area contributed by atoms with Gasteiger partial charge in [0, 0.05) is 43.5 Å². The molecule has 1 N–H and O–H groups in total. The molecule has 2 aromatic rings. The van der Waals surface area contributed by atoms with Crippen LogP contribution in [0, 0.1) is 12.8 Å². The summed E-state index contributed by atoms with van der Waals surface area (Å²) in [6, 6.07) is 3.84. The zero-order valence-electron chi connectivity index (χ0n) is 15.2. The molecule has 0 aromatic carbocycles. The lowest BCUT2D eigenvalue weighted by molar-refractivity contribution is -0.125. The standard InChI is InChI=1S/C19H24ClN5O/c1-3-16-17(20)23-13(2)24-18(16)25-9-6-15(7-10-25)19(26)22-12-14-5-4-8-21-11-14/h4-5,8,11,15H,3,6-7,9-10,12H2,1-2H3,(H,22,26). The van der Waals surface area contributed by atoms with Crippen LogP contribution in [0.25, 0.3) is 0 Å². The van der Waals surface area contributed by atoms with Crippen molar-refractivity contribution >= 4 is 23.3 Å². The van der Waals surface area contributed by atoms with Gasteiger partial charge in [-0.25, -0.2) is 9.97 Å². The zero-order chi connectivity index (χ0) is 18.5. The van der Waals surface area contributed by atoms with E-state index in [1.54, 1.807) is 12.4 Å². The van der Waals surface area contributed by atoms with Gasteiger partial charge in [-0.05, 0) is 37.8 Å². The highest BCUT2D eigenvalue weighted by Crippen LogP contribution is 2.29. The summed E-state index contributed by atoms with van der Waals surface area (Å²) in [6.07, 6.45) is 5.91. The van der Waals surface area contributed by atoms with Crippen LogP contribution in [-0.2, 0) is 17.8 Å². The summed E-state index contributed by atoms with van der Waals surface area (Å²) in [7, 11) is 0. The number of pyridine rings is 1. The normalized spacial score (nSPS) is 15.1. The van der Waals surface area contributed by atoms with Crippen molar-refractivity contribution in [2.45, 2.75) is 39.7 Å². The van der Waals surface area contributed by atoms with Crippen LogP contribution in [-0.4, -0.2) is 33.9 Å². The molecule has 26 heavy (non-hydrogen) atoms. The Kier molecular flexibility index (Phi) is 6.04. The third-order valence-corrected chi connectivity index (χ3v) is 5.07. The van der Waals surface area contributed by atoms with Crippen molar-refractivity contribution in [1.29, 1.82) is 0 Å². The van der Waals surface area contributed by atoms with E-state index in [1.165, 1.54) is 0 Å². The molecule has 0 aliphatic carbocycles. The van der Waals surface area contributed by atoms with E-state index in [9.17, 15) is 4.79 Å². The molecule has 0 spiro atoms. The smallest absolute Gasteiger partial charge is 0.223 e. The van der Waals surface area contributed by atoms with Crippen LogP contribution in [0.15, 0.2) is 24.5 Å². The van der Waals surface area contributed by atoms with E-state index in [0.29, 0.717) is 17.5 Å². The van der Waals surface area contributed by atoms with E-state index < -0.39 is 0 Å². The molecular formula is C19H24ClN5O. The Balaban J connectivity index is 1.58. The van der Waals surface area contributed by atoms with Crippen LogP contribution in [0.4, 0.5) is 5.82 Å². The van der Waals surface area contributed by atoms with E-state index in [-0.39, 0.29) is 11.8 Å². The van der Waals surface area contributed by atoms with Gasteiger partial charge in [-0.1, -0.05) is 24.6 Å². The minimum atomic E-state index is 0.0337.